The van der Waals surface area contributed by atoms with Crippen LogP contribution in [0, 0.1) is 17.0 Å². The topological polar surface area (TPSA) is 72.4 Å². The van der Waals surface area contributed by atoms with Crippen molar-refractivity contribution in [2.45, 2.75) is 39.7 Å². The van der Waals surface area contributed by atoms with E-state index in [0.717, 1.165) is 24.9 Å². The number of aryl methyl sites for hydroxylation is 1. The predicted molar refractivity (Wildman–Crippen MR) is 103 cm³/mol. The molecule has 2 aromatic rings. The average molecular weight is 341 g/mol. The molecule has 0 spiro atoms. The lowest BCUT2D eigenvalue weighted by Crippen LogP contribution is -2.37. The lowest BCUT2D eigenvalue weighted by Gasteiger charge is -2.33. The van der Waals surface area contributed by atoms with Gasteiger partial charge in [0.05, 0.1) is 4.92 Å². The second-order valence-electron chi connectivity index (χ2n) is 6.41. The zero-order valence-corrected chi connectivity index (χ0v) is 15.2. The molecule has 25 heavy (non-hydrogen) atoms. The van der Waals surface area contributed by atoms with Gasteiger partial charge in [0.1, 0.15) is 0 Å². The Morgan fingerprint density at radius 1 is 1.20 bits per heavy atom. The first-order valence-corrected chi connectivity index (χ1v) is 8.76. The van der Waals surface area contributed by atoms with Crippen LogP contribution in [0.3, 0.4) is 0 Å². The van der Waals surface area contributed by atoms with Gasteiger partial charge in [-0.05, 0) is 49.4 Å². The van der Waals surface area contributed by atoms with Gasteiger partial charge in [-0.25, -0.2) is 0 Å². The molecule has 0 saturated carbocycles. The molecule has 0 radical (unpaired) electrons. The number of nitrogens with two attached hydrogens (primary N) is 1. The molecule has 1 atom stereocenters. The maximum absolute atomic E-state index is 10.8. The van der Waals surface area contributed by atoms with E-state index < -0.39 is 0 Å². The summed E-state index contributed by atoms with van der Waals surface area (Å²) in [5.74, 6) is 0. The van der Waals surface area contributed by atoms with Crippen LogP contribution in [0.15, 0.2) is 42.5 Å². The van der Waals surface area contributed by atoms with E-state index in [4.69, 9.17) is 5.73 Å². The van der Waals surface area contributed by atoms with Crippen LogP contribution in [0.5, 0.6) is 0 Å². The molecular formula is C20H27N3O2. The lowest BCUT2D eigenvalue weighted by atomic mass is 9.97. The van der Waals surface area contributed by atoms with Crippen molar-refractivity contribution in [1.29, 1.82) is 0 Å². The molecule has 5 heteroatoms. The minimum atomic E-state index is -0.366. The van der Waals surface area contributed by atoms with E-state index in [0.29, 0.717) is 12.6 Å². The number of rotatable bonds is 8. The van der Waals surface area contributed by atoms with E-state index in [1.54, 1.807) is 12.1 Å². The summed E-state index contributed by atoms with van der Waals surface area (Å²) >= 11 is 0. The van der Waals surface area contributed by atoms with Crippen LogP contribution in [0.1, 0.15) is 37.0 Å². The number of anilines is 1. The molecule has 0 aliphatic carbocycles. The van der Waals surface area contributed by atoms with E-state index >= 15 is 0 Å². The molecule has 134 valence electrons. The molecule has 5 nitrogen and oxygen atoms in total. The molecule has 1 unspecified atom stereocenters. The number of hydrogen-bond donors (Lipinski definition) is 1. The van der Waals surface area contributed by atoms with Gasteiger partial charge in [-0.1, -0.05) is 31.2 Å². The second kappa shape index (κ2) is 8.62. The number of hydrogen-bond acceptors (Lipinski definition) is 4. The molecular weight excluding hydrogens is 314 g/mol. The van der Waals surface area contributed by atoms with Crippen molar-refractivity contribution in [2.75, 3.05) is 18.0 Å². The minimum absolute atomic E-state index is 0.123. The van der Waals surface area contributed by atoms with Gasteiger partial charge in [0.2, 0.25) is 0 Å². The van der Waals surface area contributed by atoms with Crippen molar-refractivity contribution < 1.29 is 4.92 Å². The van der Waals surface area contributed by atoms with E-state index in [-0.39, 0.29) is 10.6 Å². The van der Waals surface area contributed by atoms with Gasteiger partial charge in [-0.2, -0.15) is 0 Å². The molecule has 0 heterocycles. The fourth-order valence-electron chi connectivity index (χ4n) is 3.06. The largest absolute Gasteiger partial charge is 0.367 e. The van der Waals surface area contributed by atoms with Crippen molar-refractivity contribution in [1.82, 2.24) is 0 Å². The van der Waals surface area contributed by atoms with Crippen LogP contribution in [-0.4, -0.2) is 24.1 Å². The Morgan fingerprint density at radius 2 is 1.88 bits per heavy atom. The molecule has 0 amide bonds. The van der Waals surface area contributed by atoms with Crippen LogP contribution in [0.4, 0.5) is 11.4 Å². The van der Waals surface area contributed by atoms with E-state index in [9.17, 15) is 10.1 Å². The Hall–Kier alpha value is -2.40. The van der Waals surface area contributed by atoms with Crippen LogP contribution in [-0.2, 0) is 6.42 Å². The molecule has 0 bridgehead atoms. The summed E-state index contributed by atoms with van der Waals surface area (Å²) in [5, 5.41) is 10.8. The number of nitrogens with zero attached hydrogens (tertiary/aromatic N) is 2. The molecule has 0 saturated heterocycles. The van der Waals surface area contributed by atoms with Crippen molar-refractivity contribution in [2.24, 2.45) is 5.73 Å². The highest BCUT2D eigenvalue weighted by atomic mass is 16.6. The highest BCUT2D eigenvalue weighted by Crippen LogP contribution is 2.29. The summed E-state index contributed by atoms with van der Waals surface area (Å²) in [7, 11) is 0. The first kappa shape index (κ1) is 18.9. The molecule has 0 fully saturated rings. The fourth-order valence-corrected chi connectivity index (χ4v) is 3.06. The SMILES string of the molecule is CCC(C)N(CCN)c1cccc(C)c1Cc1ccc([N+](=O)[O-])cc1. The first-order chi connectivity index (χ1) is 12.0. The third-order valence-electron chi connectivity index (χ3n) is 4.72. The van der Waals surface area contributed by atoms with Crippen molar-refractivity contribution in [3.05, 3.63) is 69.3 Å². The molecule has 2 rings (SSSR count). The van der Waals surface area contributed by atoms with Crippen LogP contribution >= 0.6 is 0 Å². The maximum Gasteiger partial charge on any atom is 0.269 e. The summed E-state index contributed by atoms with van der Waals surface area (Å²) in [6.07, 6.45) is 1.79. The summed E-state index contributed by atoms with van der Waals surface area (Å²) in [4.78, 5) is 12.8. The predicted octanol–water partition coefficient (Wildman–Crippen LogP) is 4.06. The van der Waals surface area contributed by atoms with Gasteiger partial charge in [0.25, 0.3) is 5.69 Å². The number of nitro benzene ring substituents is 1. The smallest absolute Gasteiger partial charge is 0.269 e. The van der Waals surface area contributed by atoms with Gasteiger partial charge >= 0.3 is 0 Å². The van der Waals surface area contributed by atoms with Gasteiger partial charge in [0.15, 0.2) is 0 Å². The quantitative estimate of drug-likeness (QED) is 0.580. The van der Waals surface area contributed by atoms with Gasteiger partial charge in [-0.3, -0.25) is 10.1 Å². The number of nitro groups is 1. The second-order valence-corrected chi connectivity index (χ2v) is 6.41. The van der Waals surface area contributed by atoms with E-state index in [2.05, 4.69) is 43.9 Å². The van der Waals surface area contributed by atoms with Gasteiger partial charge in [0, 0.05) is 37.0 Å². The molecule has 0 aliphatic heterocycles. The third-order valence-corrected chi connectivity index (χ3v) is 4.72. The standard InChI is InChI=1S/C20H27N3O2/c1-4-16(3)22(13-12-21)20-7-5-6-15(2)19(20)14-17-8-10-18(11-9-17)23(24)25/h5-11,16H,4,12-14,21H2,1-3H3. The van der Waals surface area contributed by atoms with Crippen LogP contribution in [0.2, 0.25) is 0 Å². The zero-order valence-electron chi connectivity index (χ0n) is 15.2. The molecule has 0 aromatic heterocycles. The lowest BCUT2D eigenvalue weighted by molar-refractivity contribution is -0.384. The highest BCUT2D eigenvalue weighted by molar-refractivity contribution is 5.59. The Kier molecular flexibility index (Phi) is 6.53. The number of non-ortho nitro benzene ring substituents is 1. The van der Waals surface area contributed by atoms with Crippen molar-refractivity contribution in [3.63, 3.8) is 0 Å². The Morgan fingerprint density at radius 3 is 2.44 bits per heavy atom. The zero-order chi connectivity index (χ0) is 18.4. The highest BCUT2D eigenvalue weighted by Gasteiger charge is 2.17. The number of benzene rings is 2. The minimum Gasteiger partial charge on any atom is -0.367 e. The van der Waals surface area contributed by atoms with Crippen molar-refractivity contribution >= 4 is 11.4 Å². The van der Waals surface area contributed by atoms with Crippen LogP contribution in [0.25, 0.3) is 0 Å². The fraction of sp³-hybridized carbons (Fsp3) is 0.400. The summed E-state index contributed by atoms with van der Waals surface area (Å²) < 4.78 is 0. The molecule has 0 aliphatic rings. The Bertz CT molecular complexity index is 713. The monoisotopic (exact) mass is 341 g/mol. The normalized spacial score (nSPS) is 12.0. The third kappa shape index (κ3) is 4.57. The average Bonchev–Trinajstić information content (AvgIpc) is 2.61. The summed E-state index contributed by atoms with van der Waals surface area (Å²) in [5.41, 5.74) is 10.7. The molecule has 2 aromatic carbocycles. The van der Waals surface area contributed by atoms with Crippen molar-refractivity contribution in [3.8, 4) is 0 Å². The Balaban J connectivity index is 2.38. The first-order valence-electron chi connectivity index (χ1n) is 8.76. The Labute approximate surface area is 149 Å². The maximum atomic E-state index is 10.8. The van der Waals surface area contributed by atoms with Gasteiger partial charge < -0.3 is 10.6 Å². The summed E-state index contributed by atoms with van der Waals surface area (Å²) in [6.45, 7) is 7.93. The van der Waals surface area contributed by atoms with E-state index in [1.807, 2.05) is 12.1 Å². The summed E-state index contributed by atoms with van der Waals surface area (Å²) in [6, 6.07) is 13.6. The molecule has 2 N–H and O–H groups in total. The van der Waals surface area contributed by atoms with Gasteiger partial charge in [-0.15, -0.1) is 0 Å². The van der Waals surface area contributed by atoms with Crippen LogP contribution < -0.4 is 10.6 Å². The van der Waals surface area contributed by atoms with E-state index in [1.165, 1.54) is 16.8 Å².